The molecule has 0 aliphatic heterocycles. The fraction of sp³-hybridized carbons (Fsp3) is 0.500. The molecule has 2 aromatic rings. The highest BCUT2D eigenvalue weighted by molar-refractivity contribution is 6.30. The van der Waals surface area contributed by atoms with E-state index < -0.39 is 0 Å². The molecule has 2 aromatic carbocycles. The van der Waals surface area contributed by atoms with E-state index in [1.165, 1.54) is 57.8 Å². The number of rotatable bonds is 19. The maximum Gasteiger partial charge on any atom is 0.259 e. The van der Waals surface area contributed by atoms with E-state index in [0.717, 1.165) is 29.7 Å². The minimum atomic E-state index is -0.355. The van der Waals surface area contributed by atoms with E-state index in [1.54, 1.807) is 6.21 Å². The third-order valence-corrected chi connectivity index (χ3v) is 6.31. The van der Waals surface area contributed by atoms with Gasteiger partial charge in [0, 0.05) is 11.4 Å². The molecule has 2 N–H and O–H groups in total. The standard InChI is InChI=1S/C30H42ClN3O3/c1-2-3-4-5-6-7-8-9-10-11-12-13-29(35)32-23-30(36)34-33-22-25-16-20-28(21-17-25)37-24-26-14-18-27(31)19-15-26/h14-22H,2-13,23-24H2,1H3,(H,32,35)(H,34,36)/b33-22-. The SMILES string of the molecule is CCCCCCCCCCCCCC(=O)NCC(=O)N/N=C\c1ccc(OCc2ccc(Cl)cc2)cc1. The number of nitrogens with zero attached hydrogens (tertiary/aromatic N) is 1. The molecule has 0 aromatic heterocycles. The summed E-state index contributed by atoms with van der Waals surface area (Å²) in [6.07, 6.45) is 15.7. The van der Waals surface area contributed by atoms with Gasteiger partial charge in [-0.2, -0.15) is 5.10 Å². The van der Waals surface area contributed by atoms with Crippen LogP contribution in [0.25, 0.3) is 0 Å². The number of halogens is 1. The number of ether oxygens (including phenoxy) is 1. The predicted octanol–water partition coefficient (Wildman–Crippen LogP) is 7.19. The van der Waals surface area contributed by atoms with E-state index in [0.29, 0.717) is 18.1 Å². The van der Waals surface area contributed by atoms with Crippen LogP contribution in [0.1, 0.15) is 95.1 Å². The van der Waals surface area contributed by atoms with Gasteiger partial charge in [-0.15, -0.1) is 0 Å². The summed E-state index contributed by atoms with van der Waals surface area (Å²) in [6.45, 7) is 2.62. The Kier molecular flexibility index (Phi) is 15.8. The molecule has 0 atom stereocenters. The lowest BCUT2D eigenvalue weighted by atomic mass is 10.1. The second-order valence-corrected chi connectivity index (χ2v) is 9.78. The monoisotopic (exact) mass is 527 g/mol. The molecule has 0 unspecified atom stereocenters. The third-order valence-electron chi connectivity index (χ3n) is 6.06. The van der Waals surface area contributed by atoms with E-state index in [4.69, 9.17) is 16.3 Å². The van der Waals surface area contributed by atoms with Crippen molar-refractivity contribution in [3.05, 3.63) is 64.7 Å². The second kappa shape index (κ2) is 19.3. The first-order valence-corrected chi connectivity index (χ1v) is 14.0. The fourth-order valence-corrected chi connectivity index (χ4v) is 3.96. The van der Waals surface area contributed by atoms with Crippen LogP contribution in [0.3, 0.4) is 0 Å². The average molecular weight is 528 g/mol. The van der Waals surface area contributed by atoms with Crippen molar-refractivity contribution in [2.24, 2.45) is 5.10 Å². The highest BCUT2D eigenvalue weighted by Gasteiger charge is 2.05. The summed E-state index contributed by atoms with van der Waals surface area (Å²) in [5.41, 5.74) is 4.29. The Morgan fingerprint density at radius 2 is 1.41 bits per heavy atom. The van der Waals surface area contributed by atoms with Crippen LogP contribution in [0.4, 0.5) is 0 Å². The molecule has 0 bridgehead atoms. The smallest absolute Gasteiger partial charge is 0.259 e. The topological polar surface area (TPSA) is 79.8 Å². The zero-order valence-corrected chi connectivity index (χ0v) is 22.9. The lowest BCUT2D eigenvalue weighted by Gasteiger charge is -2.06. The normalized spacial score (nSPS) is 11.0. The number of carbonyl (C=O) groups excluding carboxylic acids is 2. The number of nitrogens with one attached hydrogen (secondary N) is 2. The first kappa shape index (κ1) is 30.4. The van der Waals surface area contributed by atoms with Crippen LogP contribution in [0, 0.1) is 0 Å². The van der Waals surface area contributed by atoms with Gasteiger partial charge in [0.1, 0.15) is 12.4 Å². The number of amides is 2. The minimum Gasteiger partial charge on any atom is -0.489 e. The number of hydrazone groups is 1. The number of carbonyl (C=O) groups is 2. The lowest BCUT2D eigenvalue weighted by Crippen LogP contribution is -2.34. The molecule has 0 aliphatic rings. The number of unbranched alkanes of at least 4 members (excludes halogenated alkanes) is 10. The molecular formula is C30H42ClN3O3. The molecule has 2 rings (SSSR count). The highest BCUT2D eigenvalue weighted by Crippen LogP contribution is 2.15. The van der Waals surface area contributed by atoms with Crippen LogP contribution in [0.5, 0.6) is 5.75 Å². The Labute approximate surface area is 227 Å². The predicted molar refractivity (Wildman–Crippen MR) is 152 cm³/mol. The molecule has 0 radical (unpaired) electrons. The third kappa shape index (κ3) is 15.1. The van der Waals surface area contributed by atoms with Gasteiger partial charge in [0.15, 0.2) is 0 Å². The number of benzene rings is 2. The first-order valence-electron chi connectivity index (χ1n) is 13.6. The largest absolute Gasteiger partial charge is 0.489 e. The van der Waals surface area contributed by atoms with Crippen LogP contribution in [-0.4, -0.2) is 24.6 Å². The fourth-order valence-electron chi connectivity index (χ4n) is 3.83. The van der Waals surface area contributed by atoms with Crippen LogP contribution in [0.15, 0.2) is 53.6 Å². The summed E-state index contributed by atoms with van der Waals surface area (Å²) in [4.78, 5) is 23.9. The maximum atomic E-state index is 11.9. The van der Waals surface area contributed by atoms with Crippen LogP contribution in [0.2, 0.25) is 5.02 Å². The molecule has 37 heavy (non-hydrogen) atoms. The zero-order chi connectivity index (χ0) is 26.6. The van der Waals surface area contributed by atoms with E-state index >= 15 is 0 Å². The average Bonchev–Trinajstić information content (AvgIpc) is 2.91. The summed E-state index contributed by atoms with van der Waals surface area (Å²) < 4.78 is 5.76. The summed E-state index contributed by atoms with van der Waals surface area (Å²) >= 11 is 5.89. The Balaban J connectivity index is 1.49. The Hall–Kier alpha value is -2.86. The maximum absolute atomic E-state index is 11.9. The van der Waals surface area contributed by atoms with E-state index in [1.807, 2.05) is 48.5 Å². The van der Waals surface area contributed by atoms with E-state index in [-0.39, 0.29) is 18.4 Å². The summed E-state index contributed by atoms with van der Waals surface area (Å²) in [5, 5.41) is 7.31. The Morgan fingerprint density at radius 1 is 0.811 bits per heavy atom. The van der Waals surface area contributed by atoms with Crippen molar-refractivity contribution in [1.29, 1.82) is 0 Å². The molecular weight excluding hydrogens is 486 g/mol. The molecule has 0 spiro atoms. The molecule has 7 heteroatoms. The molecule has 0 heterocycles. The second-order valence-electron chi connectivity index (χ2n) is 9.34. The first-order chi connectivity index (χ1) is 18.1. The van der Waals surface area contributed by atoms with E-state index in [2.05, 4.69) is 22.8 Å². The van der Waals surface area contributed by atoms with Crippen LogP contribution in [-0.2, 0) is 16.2 Å². The number of hydrogen-bond donors (Lipinski definition) is 2. The molecule has 2 amide bonds. The lowest BCUT2D eigenvalue weighted by molar-refractivity contribution is -0.126. The van der Waals surface area contributed by atoms with Crippen molar-refractivity contribution in [2.45, 2.75) is 90.6 Å². The number of hydrogen-bond acceptors (Lipinski definition) is 4. The van der Waals surface area contributed by atoms with Crippen molar-refractivity contribution in [3.63, 3.8) is 0 Å². The highest BCUT2D eigenvalue weighted by atomic mass is 35.5. The summed E-state index contributed by atoms with van der Waals surface area (Å²) in [7, 11) is 0. The van der Waals surface area contributed by atoms with Gasteiger partial charge in [0.05, 0.1) is 12.8 Å². The van der Waals surface area contributed by atoms with Crippen LogP contribution < -0.4 is 15.5 Å². The van der Waals surface area contributed by atoms with Crippen molar-refractivity contribution in [3.8, 4) is 5.75 Å². The Morgan fingerprint density at radius 3 is 2.03 bits per heavy atom. The van der Waals surface area contributed by atoms with Crippen molar-refractivity contribution >= 4 is 29.6 Å². The van der Waals surface area contributed by atoms with Gasteiger partial charge in [-0.25, -0.2) is 5.43 Å². The van der Waals surface area contributed by atoms with Crippen molar-refractivity contribution < 1.29 is 14.3 Å². The van der Waals surface area contributed by atoms with Gasteiger partial charge in [0.25, 0.3) is 5.91 Å². The quantitative estimate of drug-likeness (QED) is 0.115. The van der Waals surface area contributed by atoms with Crippen molar-refractivity contribution in [1.82, 2.24) is 10.7 Å². The molecule has 0 fully saturated rings. The molecule has 6 nitrogen and oxygen atoms in total. The minimum absolute atomic E-state index is 0.0777. The van der Waals surface area contributed by atoms with Gasteiger partial charge in [-0.05, 0) is 53.9 Å². The van der Waals surface area contributed by atoms with E-state index in [9.17, 15) is 9.59 Å². The zero-order valence-electron chi connectivity index (χ0n) is 22.1. The van der Waals surface area contributed by atoms with Gasteiger partial charge < -0.3 is 10.1 Å². The molecule has 0 aliphatic carbocycles. The Bertz CT molecular complexity index is 930. The summed E-state index contributed by atoms with van der Waals surface area (Å²) in [5.74, 6) is 0.285. The van der Waals surface area contributed by atoms with Gasteiger partial charge in [-0.1, -0.05) is 94.9 Å². The molecule has 0 saturated heterocycles. The van der Waals surface area contributed by atoms with Crippen molar-refractivity contribution in [2.75, 3.05) is 6.54 Å². The summed E-state index contributed by atoms with van der Waals surface area (Å²) in [6, 6.07) is 14.9. The van der Waals surface area contributed by atoms with Crippen LogP contribution >= 0.6 is 11.6 Å². The molecule has 0 saturated carbocycles. The van der Waals surface area contributed by atoms with Gasteiger partial charge >= 0.3 is 0 Å². The molecule has 202 valence electrons. The van der Waals surface area contributed by atoms with Gasteiger partial charge in [0.2, 0.25) is 5.91 Å². The van der Waals surface area contributed by atoms with Gasteiger partial charge in [-0.3, -0.25) is 9.59 Å².